The van der Waals surface area contributed by atoms with Crippen molar-refractivity contribution >= 4 is 38.3 Å². The smallest absolute Gasteiger partial charge is 0.266 e. The quantitative estimate of drug-likeness (QED) is 0.923. The molecule has 0 aliphatic rings. The molecule has 0 saturated heterocycles. The molecule has 1 N–H and O–H groups in total. The van der Waals surface area contributed by atoms with Gasteiger partial charge in [-0.1, -0.05) is 0 Å². The maximum absolute atomic E-state index is 12.9. The van der Waals surface area contributed by atoms with Crippen molar-refractivity contribution in [2.24, 2.45) is 0 Å². The van der Waals surface area contributed by atoms with Gasteiger partial charge in [0.25, 0.3) is 5.91 Å². The molecule has 0 bridgehead atoms. The van der Waals surface area contributed by atoms with Crippen LogP contribution in [0.3, 0.4) is 0 Å². The average molecular weight is 345 g/mol. The molecule has 1 heterocycles. The van der Waals surface area contributed by atoms with E-state index < -0.39 is 6.10 Å². The van der Waals surface area contributed by atoms with E-state index in [9.17, 15) is 9.18 Å². The predicted octanol–water partition coefficient (Wildman–Crippen LogP) is 3.45. The van der Waals surface area contributed by atoms with Crippen molar-refractivity contribution in [1.29, 1.82) is 0 Å². The fourth-order valence-electron chi connectivity index (χ4n) is 1.31. The van der Waals surface area contributed by atoms with E-state index in [-0.39, 0.29) is 11.7 Å². The summed E-state index contributed by atoms with van der Waals surface area (Å²) in [4.78, 5) is 15.8. The van der Waals surface area contributed by atoms with Gasteiger partial charge in [0, 0.05) is 11.6 Å². The second-order valence-electron chi connectivity index (χ2n) is 3.66. The number of rotatable bonds is 4. The Bertz CT molecular complexity index is 577. The van der Waals surface area contributed by atoms with Crippen LogP contribution in [0.4, 0.5) is 9.52 Å². The third kappa shape index (κ3) is 3.74. The Labute approximate surface area is 121 Å². The largest absolute Gasteiger partial charge is 0.480 e. The summed E-state index contributed by atoms with van der Waals surface area (Å²) in [5.74, 6) is -0.284. The summed E-state index contributed by atoms with van der Waals surface area (Å²) in [6.45, 7) is 1.61. The first-order valence-electron chi connectivity index (χ1n) is 5.38. The number of anilines is 1. The first kappa shape index (κ1) is 14.0. The predicted molar refractivity (Wildman–Crippen MR) is 74.9 cm³/mol. The van der Waals surface area contributed by atoms with Crippen molar-refractivity contribution in [2.45, 2.75) is 13.0 Å². The maximum Gasteiger partial charge on any atom is 0.266 e. The molecule has 1 aromatic heterocycles. The third-order valence-corrected chi connectivity index (χ3v) is 3.54. The highest BCUT2D eigenvalue weighted by Gasteiger charge is 2.17. The normalized spacial score (nSPS) is 11.9. The zero-order chi connectivity index (χ0) is 13.8. The Morgan fingerprint density at radius 2 is 2.37 bits per heavy atom. The van der Waals surface area contributed by atoms with Crippen LogP contribution < -0.4 is 10.1 Å². The molecule has 0 spiro atoms. The SMILES string of the molecule is CC(Oc1ccc(F)cc1Br)C(=O)Nc1nccs1. The minimum Gasteiger partial charge on any atom is -0.480 e. The molecule has 2 aromatic rings. The Hall–Kier alpha value is -1.47. The molecular weight excluding hydrogens is 335 g/mol. The third-order valence-electron chi connectivity index (χ3n) is 2.23. The van der Waals surface area contributed by atoms with Crippen molar-refractivity contribution in [2.75, 3.05) is 5.32 Å². The van der Waals surface area contributed by atoms with Crippen LogP contribution in [0.2, 0.25) is 0 Å². The van der Waals surface area contributed by atoms with Gasteiger partial charge in [-0.25, -0.2) is 9.37 Å². The molecule has 0 aliphatic carbocycles. The van der Waals surface area contributed by atoms with Gasteiger partial charge in [0.1, 0.15) is 11.6 Å². The van der Waals surface area contributed by atoms with Crippen LogP contribution in [0.1, 0.15) is 6.92 Å². The first-order valence-corrected chi connectivity index (χ1v) is 7.05. The summed E-state index contributed by atoms with van der Waals surface area (Å²) in [5.41, 5.74) is 0. The van der Waals surface area contributed by atoms with Gasteiger partial charge in [0.15, 0.2) is 11.2 Å². The van der Waals surface area contributed by atoms with E-state index >= 15 is 0 Å². The molecule has 0 radical (unpaired) electrons. The molecule has 1 aromatic carbocycles. The summed E-state index contributed by atoms with van der Waals surface area (Å²) in [6.07, 6.45) is 0.883. The van der Waals surface area contributed by atoms with E-state index in [1.807, 2.05) is 0 Å². The van der Waals surface area contributed by atoms with Crippen LogP contribution >= 0.6 is 27.3 Å². The monoisotopic (exact) mass is 344 g/mol. The van der Waals surface area contributed by atoms with E-state index in [0.717, 1.165) is 0 Å². The maximum atomic E-state index is 12.9. The van der Waals surface area contributed by atoms with E-state index in [1.165, 1.54) is 29.5 Å². The van der Waals surface area contributed by atoms with Gasteiger partial charge in [0.2, 0.25) is 0 Å². The lowest BCUT2D eigenvalue weighted by Gasteiger charge is -2.14. The van der Waals surface area contributed by atoms with Crippen molar-refractivity contribution < 1.29 is 13.9 Å². The number of thiazole rings is 1. The number of ether oxygens (including phenoxy) is 1. The number of aromatic nitrogens is 1. The molecule has 0 fully saturated rings. The number of benzene rings is 1. The van der Waals surface area contributed by atoms with Gasteiger partial charge in [-0.2, -0.15) is 0 Å². The van der Waals surface area contributed by atoms with Crippen LogP contribution in [0, 0.1) is 5.82 Å². The first-order chi connectivity index (χ1) is 9.06. The number of hydrogen-bond acceptors (Lipinski definition) is 4. The minimum absolute atomic E-state index is 0.314. The van der Waals surface area contributed by atoms with Gasteiger partial charge in [-0.15, -0.1) is 11.3 Å². The summed E-state index contributed by atoms with van der Waals surface area (Å²) in [6, 6.07) is 4.01. The minimum atomic E-state index is -0.717. The van der Waals surface area contributed by atoms with Gasteiger partial charge in [-0.05, 0) is 41.1 Å². The lowest BCUT2D eigenvalue weighted by molar-refractivity contribution is -0.122. The highest BCUT2D eigenvalue weighted by atomic mass is 79.9. The molecule has 1 atom stereocenters. The second-order valence-corrected chi connectivity index (χ2v) is 5.41. The van der Waals surface area contributed by atoms with Crippen LogP contribution in [0.15, 0.2) is 34.2 Å². The number of hydrogen-bond donors (Lipinski definition) is 1. The number of nitrogens with zero attached hydrogens (tertiary/aromatic N) is 1. The van der Waals surface area contributed by atoms with Crippen LogP contribution in [-0.2, 0) is 4.79 Å². The molecule has 2 rings (SSSR count). The van der Waals surface area contributed by atoms with E-state index in [1.54, 1.807) is 18.5 Å². The van der Waals surface area contributed by atoms with Crippen molar-refractivity contribution in [1.82, 2.24) is 4.98 Å². The number of carbonyl (C=O) groups is 1. The van der Waals surface area contributed by atoms with E-state index in [0.29, 0.717) is 15.4 Å². The lowest BCUT2D eigenvalue weighted by atomic mass is 10.3. The molecule has 7 heteroatoms. The molecule has 19 heavy (non-hydrogen) atoms. The van der Waals surface area contributed by atoms with Gasteiger partial charge in [0.05, 0.1) is 4.47 Å². The van der Waals surface area contributed by atoms with Crippen molar-refractivity contribution in [3.05, 3.63) is 40.1 Å². The fourth-order valence-corrected chi connectivity index (χ4v) is 2.28. The summed E-state index contributed by atoms with van der Waals surface area (Å²) in [5, 5.41) is 4.90. The average Bonchev–Trinajstić information content (AvgIpc) is 2.85. The Balaban J connectivity index is 2.00. The lowest BCUT2D eigenvalue weighted by Crippen LogP contribution is -2.30. The number of nitrogens with one attached hydrogen (secondary N) is 1. The van der Waals surface area contributed by atoms with Crippen LogP contribution in [0.25, 0.3) is 0 Å². The van der Waals surface area contributed by atoms with Gasteiger partial charge < -0.3 is 4.74 Å². The molecule has 100 valence electrons. The van der Waals surface area contributed by atoms with E-state index in [2.05, 4.69) is 26.2 Å². The molecular formula is C12H10BrFN2O2S. The van der Waals surface area contributed by atoms with Crippen molar-refractivity contribution in [3.8, 4) is 5.75 Å². The molecule has 0 aliphatic heterocycles. The van der Waals surface area contributed by atoms with Crippen LogP contribution in [0.5, 0.6) is 5.75 Å². The Morgan fingerprint density at radius 1 is 1.58 bits per heavy atom. The second kappa shape index (κ2) is 6.12. The molecule has 1 amide bonds. The van der Waals surface area contributed by atoms with Crippen LogP contribution in [-0.4, -0.2) is 17.0 Å². The molecule has 1 unspecified atom stereocenters. The Morgan fingerprint density at radius 3 is 3.00 bits per heavy atom. The van der Waals surface area contributed by atoms with Crippen molar-refractivity contribution in [3.63, 3.8) is 0 Å². The molecule has 0 saturated carbocycles. The van der Waals surface area contributed by atoms with Gasteiger partial charge in [-0.3, -0.25) is 10.1 Å². The molecule has 4 nitrogen and oxygen atoms in total. The number of halogens is 2. The highest BCUT2D eigenvalue weighted by molar-refractivity contribution is 9.10. The summed E-state index contributed by atoms with van der Waals surface area (Å²) < 4.78 is 18.8. The fraction of sp³-hybridized carbons (Fsp3) is 0.167. The summed E-state index contributed by atoms with van der Waals surface area (Å²) in [7, 11) is 0. The topological polar surface area (TPSA) is 51.2 Å². The number of carbonyl (C=O) groups excluding carboxylic acids is 1. The zero-order valence-corrected chi connectivity index (χ0v) is 12.3. The summed E-state index contributed by atoms with van der Waals surface area (Å²) >= 11 is 4.50. The Kier molecular flexibility index (Phi) is 4.49. The van der Waals surface area contributed by atoms with E-state index in [4.69, 9.17) is 4.74 Å². The highest BCUT2D eigenvalue weighted by Crippen LogP contribution is 2.26. The zero-order valence-electron chi connectivity index (χ0n) is 9.89. The van der Waals surface area contributed by atoms with Gasteiger partial charge >= 0.3 is 0 Å². The standard InChI is InChI=1S/C12H10BrFN2O2S/c1-7(11(17)16-12-15-4-5-19-12)18-10-3-2-8(14)6-9(10)13/h2-7H,1H3,(H,15,16,17). The number of amides is 1.